The number of para-hydroxylation sites is 1. The van der Waals surface area contributed by atoms with Crippen molar-refractivity contribution in [2.75, 3.05) is 12.4 Å². The van der Waals surface area contributed by atoms with Gasteiger partial charge in [0.05, 0.1) is 24.3 Å². The highest BCUT2D eigenvalue weighted by Crippen LogP contribution is 2.38. The Morgan fingerprint density at radius 2 is 1.77 bits per heavy atom. The average Bonchev–Trinajstić information content (AvgIpc) is 3.58. The highest BCUT2D eigenvalue weighted by molar-refractivity contribution is 7.80. The first-order valence-electron chi connectivity index (χ1n) is 9.84. The average molecular weight is 422 g/mol. The summed E-state index contributed by atoms with van der Waals surface area (Å²) < 4.78 is 4.77. The molecular formula is C23H23N3O3S. The number of rotatable bonds is 5. The topological polar surface area (TPSA) is 70.7 Å². The third-order valence-electron chi connectivity index (χ3n) is 5.38. The molecule has 1 saturated carbocycles. The molecule has 1 fully saturated rings. The second kappa shape index (κ2) is 8.28. The minimum Gasteiger partial charge on any atom is -0.465 e. The highest BCUT2D eigenvalue weighted by atomic mass is 32.1. The van der Waals surface area contributed by atoms with Gasteiger partial charge < -0.3 is 20.3 Å². The van der Waals surface area contributed by atoms with Crippen molar-refractivity contribution >= 4 is 34.9 Å². The van der Waals surface area contributed by atoms with Gasteiger partial charge in [-0.3, -0.25) is 4.79 Å². The summed E-state index contributed by atoms with van der Waals surface area (Å²) in [6.45, 7) is 1.95. The molecule has 0 aromatic heterocycles. The van der Waals surface area contributed by atoms with E-state index in [1.165, 1.54) is 7.11 Å². The number of hydrogen-bond donors (Lipinski definition) is 2. The lowest BCUT2D eigenvalue weighted by Gasteiger charge is -2.38. The summed E-state index contributed by atoms with van der Waals surface area (Å²) in [5, 5.41) is 6.95. The number of carbonyl (C=O) groups is 2. The number of carbonyl (C=O) groups excluding carboxylic acids is 2. The zero-order valence-electron chi connectivity index (χ0n) is 16.8. The number of allylic oxidation sites excluding steroid dienone is 1. The van der Waals surface area contributed by atoms with E-state index < -0.39 is 12.0 Å². The fourth-order valence-electron chi connectivity index (χ4n) is 3.72. The molecule has 154 valence electrons. The Morgan fingerprint density at radius 3 is 2.37 bits per heavy atom. The lowest BCUT2D eigenvalue weighted by molar-refractivity contribution is -0.113. The van der Waals surface area contributed by atoms with Crippen LogP contribution in [0.2, 0.25) is 0 Å². The van der Waals surface area contributed by atoms with Gasteiger partial charge in [0.1, 0.15) is 0 Å². The molecule has 0 unspecified atom stereocenters. The minimum absolute atomic E-state index is 0.179. The molecule has 6 nitrogen and oxygen atoms in total. The van der Waals surface area contributed by atoms with Gasteiger partial charge in [-0.15, -0.1) is 0 Å². The first kappa shape index (κ1) is 20.1. The normalized spacial score (nSPS) is 18.7. The van der Waals surface area contributed by atoms with Crippen molar-refractivity contribution in [1.82, 2.24) is 10.2 Å². The number of benzene rings is 2. The van der Waals surface area contributed by atoms with Crippen LogP contribution in [0.3, 0.4) is 0 Å². The quantitative estimate of drug-likeness (QED) is 0.566. The number of hydrogen-bond acceptors (Lipinski definition) is 4. The summed E-state index contributed by atoms with van der Waals surface area (Å²) >= 11 is 5.63. The summed E-state index contributed by atoms with van der Waals surface area (Å²) in [7, 11) is 1.35. The lowest BCUT2D eigenvalue weighted by atomic mass is 9.93. The van der Waals surface area contributed by atoms with Crippen LogP contribution in [-0.2, 0) is 9.53 Å². The molecular weight excluding hydrogens is 398 g/mol. The fourth-order valence-corrected chi connectivity index (χ4v) is 4.13. The molecule has 2 aromatic carbocycles. The van der Waals surface area contributed by atoms with E-state index >= 15 is 0 Å². The van der Waals surface area contributed by atoms with Crippen LogP contribution >= 0.6 is 12.2 Å². The molecule has 1 aliphatic carbocycles. The van der Waals surface area contributed by atoms with Crippen LogP contribution in [-0.4, -0.2) is 35.0 Å². The summed E-state index contributed by atoms with van der Waals surface area (Å²) in [6, 6.07) is 16.3. The standard InChI is InChI=1S/C23H23N3O3S/c1-14-19(21(27)24-17-6-4-3-5-7-17)20(25-23(30)26(14)18-12-13-18)15-8-10-16(11-9-15)22(28)29-2/h3-11,18,20H,12-13H2,1-2H3,(H,24,27)(H,25,30)/t20-/m1/s1. The van der Waals surface area contributed by atoms with Crippen molar-refractivity contribution in [3.63, 3.8) is 0 Å². The number of amides is 1. The van der Waals surface area contributed by atoms with Crippen molar-refractivity contribution in [3.05, 3.63) is 77.0 Å². The van der Waals surface area contributed by atoms with Gasteiger partial charge >= 0.3 is 5.97 Å². The third-order valence-corrected chi connectivity index (χ3v) is 5.69. The van der Waals surface area contributed by atoms with Crippen molar-refractivity contribution in [1.29, 1.82) is 0 Å². The number of esters is 1. The number of ether oxygens (including phenoxy) is 1. The Labute approximate surface area is 180 Å². The van der Waals surface area contributed by atoms with Crippen LogP contribution < -0.4 is 10.6 Å². The van der Waals surface area contributed by atoms with Crippen LogP contribution in [0.15, 0.2) is 65.9 Å². The summed E-state index contributed by atoms with van der Waals surface area (Å²) in [5.74, 6) is -0.580. The number of nitrogens with one attached hydrogen (secondary N) is 2. The van der Waals surface area contributed by atoms with E-state index in [0.717, 1.165) is 29.8 Å². The maximum Gasteiger partial charge on any atom is 0.337 e. The number of thiocarbonyl (C=S) groups is 1. The van der Waals surface area contributed by atoms with Gasteiger partial charge in [0.25, 0.3) is 5.91 Å². The van der Waals surface area contributed by atoms with E-state index in [1.807, 2.05) is 49.4 Å². The van der Waals surface area contributed by atoms with Gasteiger partial charge in [-0.1, -0.05) is 30.3 Å². The molecule has 0 bridgehead atoms. The molecule has 30 heavy (non-hydrogen) atoms. The molecule has 2 N–H and O–H groups in total. The van der Waals surface area contributed by atoms with Gasteiger partial charge in [0.15, 0.2) is 5.11 Å². The van der Waals surface area contributed by atoms with Crippen molar-refractivity contribution in [2.24, 2.45) is 0 Å². The van der Waals surface area contributed by atoms with E-state index in [0.29, 0.717) is 22.3 Å². The third kappa shape index (κ3) is 3.93. The van der Waals surface area contributed by atoms with E-state index in [9.17, 15) is 9.59 Å². The minimum atomic E-state index is -0.414. The molecule has 1 heterocycles. The molecule has 1 aliphatic heterocycles. The van der Waals surface area contributed by atoms with Crippen molar-refractivity contribution in [3.8, 4) is 0 Å². The summed E-state index contributed by atoms with van der Waals surface area (Å²) in [6.07, 6.45) is 2.12. The molecule has 0 radical (unpaired) electrons. The van der Waals surface area contributed by atoms with Crippen LogP contribution in [0.25, 0.3) is 0 Å². The van der Waals surface area contributed by atoms with Crippen LogP contribution in [0.4, 0.5) is 5.69 Å². The Bertz CT molecular complexity index is 1010. The number of anilines is 1. The molecule has 2 aliphatic rings. The van der Waals surface area contributed by atoms with Crippen LogP contribution in [0.1, 0.15) is 41.7 Å². The number of methoxy groups -OCH3 is 1. The maximum absolute atomic E-state index is 13.3. The largest absolute Gasteiger partial charge is 0.465 e. The zero-order valence-corrected chi connectivity index (χ0v) is 17.7. The van der Waals surface area contributed by atoms with E-state index in [2.05, 4.69) is 15.5 Å². The summed E-state index contributed by atoms with van der Waals surface area (Å²) in [5.41, 5.74) is 3.50. The molecule has 1 atom stereocenters. The summed E-state index contributed by atoms with van der Waals surface area (Å²) in [4.78, 5) is 27.1. The van der Waals surface area contributed by atoms with E-state index in [-0.39, 0.29) is 5.91 Å². The highest BCUT2D eigenvalue weighted by Gasteiger charge is 2.40. The first-order valence-corrected chi connectivity index (χ1v) is 10.3. The van der Waals surface area contributed by atoms with Gasteiger partial charge in [-0.05, 0) is 61.8 Å². The van der Waals surface area contributed by atoms with E-state index in [4.69, 9.17) is 17.0 Å². The predicted octanol–water partition coefficient (Wildman–Crippen LogP) is 3.78. The predicted molar refractivity (Wildman–Crippen MR) is 119 cm³/mol. The SMILES string of the molecule is COC(=O)c1ccc([C@H]2NC(=S)N(C3CC3)C(C)=C2C(=O)Nc2ccccc2)cc1. The van der Waals surface area contributed by atoms with Crippen LogP contribution in [0.5, 0.6) is 0 Å². The molecule has 7 heteroatoms. The molecule has 1 amide bonds. The Kier molecular flexibility index (Phi) is 5.55. The first-order chi connectivity index (χ1) is 14.5. The molecule has 0 saturated heterocycles. The zero-order chi connectivity index (χ0) is 21.3. The number of nitrogens with zero attached hydrogens (tertiary/aromatic N) is 1. The maximum atomic E-state index is 13.3. The second-order valence-electron chi connectivity index (χ2n) is 7.42. The van der Waals surface area contributed by atoms with Gasteiger partial charge in [-0.2, -0.15) is 0 Å². The van der Waals surface area contributed by atoms with Gasteiger partial charge in [0.2, 0.25) is 0 Å². The van der Waals surface area contributed by atoms with Gasteiger partial charge in [0, 0.05) is 17.4 Å². The molecule has 0 spiro atoms. The van der Waals surface area contributed by atoms with Gasteiger partial charge in [-0.25, -0.2) is 4.79 Å². The van der Waals surface area contributed by atoms with Crippen molar-refractivity contribution < 1.29 is 14.3 Å². The second-order valence-corrected chi connectivity index (χ2v) is 7.80. The fraction of sp³-hybridized carbons (Fsp3) is 0.261. The van der Waals surface area contributed by atoms with Crippen LogP contribution in [0, 0.1) is 0 Å². The Balaban J connectivity index is 1.71. The Hall–Kier alpha value is -3.19. The lowest BCUT2D eigenvalue weighted by Crippen LogP contribution is -2.49. The smallest absolute Gasteiger partial charge is 0.337 e. The van der Waals surface area contributed by atoms with E-state index in [1.54, 1.807) is 12.1 Å². The molecule has 4 rings (SSSR count). The monoisotopic (exact) mass is 421 g/mol. The van der Waals surface area contributed by atoms with Crippen molar-refractivity contribution in [2.45, 2.75) is 31.8 Å². The Morgan fingerprint density at radius 1 is 1.10 bits per heavy atom. The molecule has 2 aromatic rings.